The third-order valence-electron chi connectivity index (χ3n) is 5.86. The minimum absolute atomic E-state index is 0.0249. The van der Waals surface area contributed by atoms with Gasteiger partial charge in [-0.05, 0) is 35.4 Å². The van der Waals surface area contributed by atoms with Crippen molar-refractivity contribution in [2.45, 2.75) is 65.3 Å². The van der Waals surface area contributed by atoms with E-state index in [2.05, 4.69) is 0 Å². The zero-order chi connectivity index (χ0) is 33.3. The van der Waals surface area contributed by atoms with Gasteiger partial charge in [0.25, 0.3) is 0 Å². The van der Waals surface area contributed by atoms with Crippen LogP contribution in [0.5, 0.6) is 17.2 Å². The maximum atomic E-state index is 12.7. The number of ether oxygens (including phenoxy) is 8. The smallest absolute Gasteiger partial charge is 0.339 e. The van der Waals surface area contributed by atoms with Crippen LogP contribution in [-0.4, -0.2) is 73.6 Å². The van der Waals surface area contributed by atoms with Crippen LogP contribution >= 0.6 is 0 Å². The number of hydrogen-bond acceptors (Lipinski definition) is 14. The minimum atomic E-state index is -1.66. The van der Waals surface area contributed by atoms with Crippen molar-refractivity contribution in [3.05, 3.63) is 53.6 Å². The number of carbonyl (C=O) groups is 6. The molecule has 240 valence electrons. The van der Waals surface area contributed by atoms with E-state index in [0.29, 0.717) is 11.3 Å². The second-order valence-corrected chi connectivity index (χ2v) is 9.62. The fourth-order valence-corrected chi connectivity index (χ4v) is 4.30. The number of rotatable bonds is 10. The van der Waals surface area contributed by atoms with Gasteiger partial charge >= 0.3 is 35.8 Å². The second kappa shape index (κ2) is 15.5. The van der Waals surface area contributed by atoms with Gasteiger partial charge in [0.1, 0.15) is 17.2 Å². The first-order valence-corrected chi connectivity index (χ1v) is 13.5. The molecule has 0 aromatic heterocycles. The zero-order valence-corrected chi connectivity index (χ0v) is 25.3. The molecule has 1 fully saturated rings. The number of methoxy groups -OCH3 is 1. The molecule has 0 spiro atoms. The molecule has 1 heterocycles. The monoisotopic (exact) mass is 628 g/mol. The van der Waals surface area contributed by atoms with Crippen molar-refractivity contribution in [3.8, 4) is 17.2 Å². The van der Waals surface area contributed by atoms with Crippen molar-refractivity contribution < 1.29 is 66.7 Å². The summed E-state index contributed by atoms with van der Waals surface area (Å²) in [5.41, 5.74) is 1.21. The highest BCUT2D eigenvalue weighted by molar-refractivity contribution is 5.77. The lowest BCUT2D eigenvalue weighted by atomic mass is 9.97. The van der Waals surface area contributed by atoms with Gasteiger partial charge in [0.05, 0.1) is 7.11 Å². The van der Waals surface area contributed by atoms with E-state index in [-0.39, 0.29) is 11.5 Å². The molecule has 0 N–H and O–H groups in total. The molecule has 5 atom stereocenters. The van der Waals surface area contributed by atoms with Gasteiger partial charge in [-0.15, -0.1) is 0 Å². The molecule has 45 heavy (non-hydrogen) atoms. The fraction of sp³-hybridized carbons (Fsp3) is 0.355. The lowest BCUT2D eigenvalue weighted by molar-refractivity contribution is -0.282. The van der Waals surface area contributed by atoms with E-state index < -0.39 is 66.5 Å². The van der Waals surface area contributed by atoms with Crippen LogP contribution in [0.1, 0.15) is 45.7 Å². The summed E-state index contributed by atoms with van der Waals surface area (Å²) < 4.78 is 42.9. The summed E-state index contributed by atoms with van der Waals surface area (Å²) in [6, 6.07) is 11.1. The Bertz CT molecular complexity index is 1460. The van der Waals surface area contributed by atoms with Gasteiger partial charge in [0, 0.05) is 40.7 Å². The van der Waals surface area contributed by atoms with Crippen LogP contribution < -0.4 is 14.2 Å². The topological polar surface area (TPSA) is 176 Å². The lowest BCUT2D eigenvalue weighted by Crippen LogP contribution is -2.64. The summed E-state index contributed by atoms with van der Waals surface area (Å²) in [6.45, 7) is 5.71. The summed E-state index contributed by atoms with van der Waals surface area (Å²) in [5.74, 6) is -4.12. The summed E-state index contributed by atoms with van der Waals surface area (Å²) in [5, 5.41) is 0. The van der Waals surface area contributed by atoms with E-state index in [0.717, 1.165) is 33.4 Å². The van der Waals surface area contributed by atoms with Crippen molar-refractivity contribution >= 4 is 48.0 Å². The minimum Gasteiger partial charge on any atom is -0.467 e. The largest absolute Gasteiger partial charge is 0.467 e. The average Bonchev–Trinajstić information content (AvgIpc) is 2.93. The molecule has 0 amide bonds. The predicted molar refractivity (Wildman–Crippen MR) is 152 cm³/mol. The summed E-state index contributed by atoms with van der Waals surface area (Å²) in [4.78, 5) is 71.7. The molecule has 0 saturated carbocycles. The van der Waals surface area contributed by atoms with Gasteiger partial charge in [-0.25, -0.2) is 4.79 Å². The zero-order valence-electron chi connectivity index (χ0n) is 25.3. The Morgan fingerprint density at radius 1 is 0.600 bits per heavy atom. The van der Waals surface area contributed by atoms with Crippen LogP contribution in [0.4, 0.5) is 0 Å². The van der Waals surface area contributed by atoms with Crippen LogP contribution in [0.25, 0.3) is 12.2 Å². The third kappa shape index (κ3) is 10.2. The third-order valence-corrected chi connectivity index (χ3v) is 5.86. The van der Waals surface area contributed by atoms with Crippen molar-refractivity contribution in [1.82, 2.24) is 0 Å². The molecule has 1 aliphatic heterocycles. The maximum Gasteiger partial charge on any atom is 0.339 e. The van der Waals surface area contributed by atoms with Gasteiger partial charge in [0.2, 0.25) is 12.4 Å². The summed E-state index contributed by atoms with van der Waals surface area (Å²) in [7, 11) is 1.07. The van der Waals surface area contributed by atoms with Crippen LogP contribution in [0, 0.1) is 0 Å². The first kappa shape index (κ1) is 34.3. The first-order chi connectivity index (χ1) is 21.2. The van der Waals surface area contributed by atoms with E-state index in [4.69, 9.17) is 37.9 Å². The van der Waals surface area contributed by atoms with Gasteiger partial charge in [-0.1, -0.05) is 24.3 Å². The van der Waals surface area contributed by atoms with E-state index in [1.54, 1.807) is 42.5 Å². The molecule has 1 saturated heterocycles. The highest BCUT2D eigenvalue weighted by Crippen LogP contribution is 2.33. The molecule has 2 aromatic carbocycles. The first-order valence-electron chi connectivity index (χ1n) is 13.5. The number of esters is 6. The quantitative estimate of drug-likeness (QED) is 0.162. The van der Waals surface area contributed by atoms with Crippen LogP contribution in [0.2, 0.25) is 0 Å². The van der Waals surface area contributed by atoms with E-state index in [1.807, 2.05) is 0 Å². The van der Waals surface area contributed by atoms with Crippen molar-refractivity contribution in [2.75, 3.05) is 7.11 Å². The fourth-order valence-electron chi connectivity index (χ4n) is 4.30. The normalized spacial score (nSPS) is 20.8. The van der Waals surface area contributed by atoms with Gasteiger partial charge < -0.3 is 37.9 Å². The molecule has 0 radical (unpaired) electrons. The molecule has 0 aliphatic carbocycles. The van der Waals surface area contributed by atoms with Crippen LogP contribution in [-0.2, 0) is 52.5 Å². The number of hydrogen-bond donors (Lipinski definition) is 0. The Balaban J connectivity index is 2.02. The second-order valence-electron chi connectivity index (χ2n) is 9.62. The van der Waals surface area contributed by atoms with Crippen LogP contribution in [0.3, 0.4) is 0 Å². The van der Waals surface area contributed by atoms with Gasteiger partial charge in [0.15, 0.2) is 18.3 Å². The molecule has 2 aromatic rings. The average molecular weight is 629 g/mol. The summed E-state index contributed by atoms with van der Waals surface area (Å²) >= 11 is 0. The van der Waals surface area contributed by atoms with Crippen molar-refractivity contribution in [3.63, 3.8) is 0 Å². The van der Waals surface area contributed by atoms with E-state index in [1.165, 1.54) is 26.0 Å². The van der Waals surface area contributed by atoms with E-state index >= 15 is 0 Å². The highest BCUT2D eigenvalue weighted by Gasteiger charge is 2.55. The van der Waals surface area contributed by atoms with Crippen LogP contribution in [0.15, 0.2) is 42.5 Å². The Morgan fingerprint density at radius 3 is 1.67 bits per heavy atom. The SMILES string of the molecule is COC(=O)[C@@H]1O[C@@H](Oc2cc(/C=C/c3ccc(OC(C)=O)cc3)cc(OC(C)=O)c2)[C@@H](OC(C)=O)[C@@H](OC(C)=O)[C@@H]1OC(C)=O. The van der Waals surface area contributed by atoms with Gasteiger partial charge in [-0.2, -0.15) is 0 Å². The Hall–Kier alpha value is -5.24. The molecule has 0 unspecified atom stereocenters. The molecular formula is C31H32O14. The Labute approximate surface area is 258 Å². The Kier molecular flexibility index (Phi) is 11.8. The lowest BCUT2D eigenvalue weighted by Gasteiger charge is -2.43. The van der Waals surface area contributed by atoms with Gasteiger partial charge in [-0.3, -0.25) is 24.0 Å². The van der Waals surface area contributed by atoms with E-state index in [9.17, 15) is 28.8 Å². The molecule has 14 nitrogen and oxygen atoms in total. The van der Waals surface area contributed by atoms with Crippen molar-refractivity contribution in [2.24, 2.45) is 0 Å². The predicted octanol–water partition coefficient (Wildman–Crippen LogP) is 2.78. The van der Waals surface area contributed by atoms with Crippen molar-refractivity contribution in [1.29, 1.82) is 0 Å². The molecule has 14 heteroatoms. The number of carbonyl (C=O) groups excluding carboxylic acids is 6. The Morgan fingerprint density at radius 2 is 1.11 bits per heavy atom. The molecule has 1 aliphatic rings. The standard InChI is InChI=1S/C31H32O14/c1-16(32)39-23-11-9-21(10-12-23)7-8-22-13-24(40-17(2)33)15-25(14-22)44-31-29(43-20(5)36)27(42-19(4)35)26(41-18(3)34)28(45-31)30(37)38-6/h7-15,26-29,31H,1-6H3/b8-7+/t26-,27-,28+,29-,31+/m0/s1. The maximum absolute atomic E-state index is 12.7. The molecule has 3 rings (SSSR count). The number of benzene rings is 2. The highest BCUT2D eigenvalue weighted by atomic mass is 16.7. The molecule has 0 bridgehead atoms. The molecular weight excluding hydrogens is 596 g/mol. The summed E-state index contributed by atoms with van der Waals surface area (Å²) in [6.07, 6.45) is -4.55.